The molecule has 2 fully saturated rings. The van der Waals surface area contributed by atoms with Crippen LogP contribution in [-0.4, -0.2) is 51.5 Å². The van der Waals surface area contributed by atoms with E-state index < -0.39 is 0 Å². The van der Waals surface area contributed by atoms with Gasteiger partial charge in [-0.1, -0.05) is 24.5 Å². The molecule has 30 heavy (non-hydrogen) atoms. The average Bonchev–Trinajstić information content (AvgIpc) is 3.42. The van der Waals surface area contributed by atoms with Gasteiger partial charge in [-0.05, 0) is 60.2 Å². The van der Waals surface area contributed by atoms with Gasteiger partial charge in [0.25, 0.3) is 5.56 Å². The fourth-order valence-electron chi connectivity index (χ4n) is 5.18. The van der Waals surface area contributed by atoms with Crippen molar-refractivity contribution < 1.29 is 9.64 Å². The zero-order valence-electron chi connectivity index (χ0n) is 17.6. The Kier molecular flexibility index (Phi) is 5.12. The van der Waals surface area contributed by atoms with Crippen LogP contribution in [-0.2, 0) is 4.74 Å². The Morgan fingerprint density at radius 1 is 1.17 bits per heavy atom. The van der Waals surface area contributed by atoms with Crippen molar-refractivity contribution in [2.45, 2.75) is 51.6 Å². The minimum absolute atomic E-state index is 0.0561. The molecule has 2 aromatic heterocycles. The van der Waals surface area contributed by atoms with E-state index in [1.807, 2.05) is 11.6 Å². The lowest BCUT2D eigenvalue weighted by atomic mass is 10.00. The maximum absolute atomic E-state index is 13.3. The third-order valence-corrected chi connectivity index (χ3v) is 6.62. The van der Waals surface area contributed by atoms with Gasteiger partial charge >= 0.3 is 0 Å². The van der Waals surface area contributed by atoms with E-state index in [0.29, 0.717) is 19.3 Å². The second-order valence-electron chi connectivity index (χ2n) is 8.72. The van der Waals surface area contributed by atoms with E-state index in [0.717, 1.165) is 53.8 Å². The molecule has 1 aliphatic carbocycles. The number of nitrogens with zero attached hydrogens (tertiary/aromatic N) is 4. The Labute approximate surface area is 175 Å². The molecular weight excluding hydrogens is 380 g/mol. The highest BCUT2D eigenvalue weighted by Gasteiger charge is 2.37. The van der Waals surface area contributed by atoms with Crippen molar-refractivity contribution in [3.05, 3.63) is 51.1 Å². The molecule has 1 aromatic carbocycles. The monoisotopic (exact) mass is 409 g/mol. The number of pyridine rings is 1. The van der Waals surface area contributed by atoms with Crippen molar-refractivity contribution in [3.63, 3.8) is 0 Å². The number of hydrogen-bond acceptors (Lipinski definition) is 5. The summed E-state index contributed by atoms with van der Waals surface area (Å²) in [5.41, 5.74) is 3.85. The lowest BCUT2D eigenvalue weighted by molar-refractivity contribution is -0.933. The number of quaternary nitrogens is 1. The third kappa shape index (κ3) is 3.44. The zero-order chi connectivity index (χ0) is 20.7. The van der Waals surface area contributed by atoms with Crippen LogP contribution in [0.15, 0.2) is 23.0 Å². The van der Waals surface area contributed by atoms with E-state index in [-0.39, 0.29) is 11.6 Å². The normalized spacial score (nSPS) is 19.5. The van der Waals surface area contributed by atoms with Crippen LogP contribution < -0.4 is 10.5 Å². The molecule has 5 rings (SSSR count). The highest BCUT2D eigenvalue weighted by molar-refractivity contribution is 5.83. The first-order valence-corrected chi connectivity index (χ1v) is 11.0. The lowest BCUT2D eigenvalue weighted by Gasteiger charge is -2.31. The summed E-state index contributed by atoms with van der Waals surface area (Å²) in [4.78, 5) is 17.7. The SMILES string of the molecule is Cc1cc(C)c2[nH]c(=O)c([C@@H](c3nnnn3C3CCCC3)[NH+]3CCOCC3)cc2c1. The maximum Gasteiger partial charge on any atom is 0.258 e. The van der Waals surface area contributed by atoms with Gasteiger partial charge in [0, 0.05) is 0 Å². The second kappa shape index (κ2) is 7.92. The number of morpholine rings is 1. The molecule has 2 N–H and O–H groups in total. The molecule has 0 unspecified atom stereocenters. The summed E-state index contributed by atoms with van der Waals surface area (Å²) in [6.07, 6.45) is 4.59. The molecule has 0 bridgehead atoms. The minimum Gasteiger partial charge on any atom is -0.370 e. The predicted octanol–water partition coefficient (Wildman–Crippen LogP) is 1.25. The van der Waals surface area contributed by atoms with Crippen LogP contribution in [0.3, 0.4) is 0 Å². The molecule has 0 amide bonds. The number of aromatic nitrogens is 5. The summed E-state index contributed by atoms with van der Waals surface area (Å²) in [6.45, 7) is 7.14. The van der Waals surface area contributed by atoms with Gasteiger partial charge in [0.15, 0.2) is 6.04 Å². The van der Waals surface area contributed by atoms with Crippen molar-refractivity contribution in [2.24, 2.45) is 0 Å². The fraction of sp³-hybridized carbons (Fsp3) is 0.545. The Morgan fingerprint density at radius 3 is 2.70 bits per heavy atom. The lowest BCUT2D eigenvalue weighted by Crippen LogP contribution is -3.14. The molecule has 8 nitrogen and oxygen atoms in total. The number of fused-ring (bicyclic) bond motifs is 1. The van der Waals surface area contributed by atoms with E-state index >= 15 is 0 Å². The number of benzene rings is 1. The van der Waals surface area contributed by atoms with Crippen molar-refractivity contribution in [1.29, 1.82) is 0 Å². The summed E-state index contributed by atoms with van der Waals surface area (Å²) in [7, 11) is 0. The molecule has 3 heterocycles. The number of aromatic amines is 1. The Bertz CT molecular complexity index is 1110. The van der Waals surface area contributed by atoms with Gasteiger partial charge in [-0.3, -0.25) is 4.79 Å². The molecule has 0 radical (unpaired) electrons. The van der Waals surface area contributed by atoms with E-state index in [1.54, 1.807) is 0 Å². The van der Waals surface area contributed by atoms with Crippen molar-refractivity contribution in [2.75, 3.05) is 26.3 Å². The van der Waals surface area contributed by atoms with Crippen molar-refractivity contribution in [1.82, 2.24) is 25.2 Å². The molecule has 0 spiro atoms. The number of hydrogen-bond donors (Lipinski definition) is 2. The van der Waals surface area contributed by atoms with Crippen LogP contribution in [0.25, 0.3) is 10.9 Å². The smallest absolute Gasteiger partial charge is 0.258 e. The summed E-state index contributed by atoms with van der Waals surface area (Å²) < 4.78 is 7.59. The number of aryl methyl sites for hydroxylation is 2. The fourth-order valence-corrected chi connectivity index (χ4v) is 5.18. The van der Waals surface area contributed by atoms with Crippen LogP contribution in [0.5, 0.6) is 0 Å². The Morgan fingerprint density at radius 2 is 1.93 bits per heavy atom. The third-order valence-electron chi connectivity index (χ3n) is 6.62. The molecule has 3 aromatic rings. The number of rotatable bonds is 4. The first-order chi connectivity index (χ1) is 14.6. The van der Waals surface area contributed by atoms with Gasteiger partial charge in [0.05, 0.1) is 30.3 Å². The zero-order valence-corrected chi connectivity index (χ0v) is 17.6. The van der Waals surface area contributed by atoms with Crippen LogP contribution in [0.2, 0.25) is 0 Å². The minimum atomic E-state index is -0.210. The number of nitrogens with one attached hydrogen (secondary N) is 2. The molecule has 2 aliphatic rings. The van der Waals surface area contributed by atoms with E-state index in [1.165, 1.54) is 23.3 Å². The molecule has 1 aliphatic heterocycles. The Balaban J connectivity index is 1.67. The van der Waals surface area contributed by atoms with Gasteiger partial charge in [-0.2, -0.15) is 0 Å². The maximum atomic E-state index is 13.3. The molecule has 8 heteroatoms. The average molecular weight is 410 g/mol. The van der Waals surface area contributed by atoms with Crippen molar-refractivity contribution >= 4 is 10.9 Å². The van der Waals surface area contributed by atoms with Crippen molar-refractivity contribution in [3.8, 4) is 0 Å². The summed E-state index contributed by atoms with van der Waals surface area (Å²) >= 11 is 0. The molecule has 158 valence electrons. The first-order valence-electron chi connectivity index (χ1n) is 11.0. The van der Waals surface area contributed by atoms with Gasteiger partial charge in [0.1, 0.15) is 13.1 Å². The van der Waals surface area contributed by atoms with Gasteiger partial charge in [-0.25, -0.2) is 4.68 Å². The number of ether oxygens (including phenoxy) is 1. The number of H-pyrrole nitrogens is 1. The molecule has 1 atom stereocenters. The highest BCUT2D eigenvalue weighted by atomic mass is 16.5. The molecular formula is C22H29N6O2+. The van der Waals surface area contributed by atoms with Gasteiger partial charge in [-0.15, -0.1) is 5.10 Å². The highest BCUT2D eigenvalue weighted by Crippen LogP contribution is 2.31. The Hall–Kier alpha value is -2.58. The second-order valence-corrected chi connectivity index (χ2v) is 8.72. The largest absolute Gasteiger partial charge is 0.370 e. The predicted molar refractivity (Wildman–Crippen MR) is 113 cm³/mol. The van der Waals surface area contributed by atoms with E-state index in [4.69, 9.17) is 4.74 Å². The van der Waals surface area contributed by atoms with E-state index in [2.05, 4.69) is 45.6 Å². The summed E-state index contributed by atoms with van der Waals surface area (Å²) in [6, 6.07) is 6.39. The molecule has 1 saturated heterocycles. The summed E-state index contributed by atoms with van der Waals surface area (Å²) in [5.74, 6) is 0.799. The van der Waals surface area contributed by atoms with Crippen LogP contribution >= 0.6 is 0 Å². The van der Waals surface area contributed by atoms with Gasteiger partial charge in [0.2, 0.25) is 5.82 Å². The first kappa shape index (κ1) is 19.4. The quantitative estimate of drug-likeness (QED) is 0.677. The summed E-state index contributed by atoms with van der Waals surface area (Å²) in [5, 5.41) is 13.9. The standard InChI is InChI=1S/C22H28N6O2/c1-14-11-15(2)19-16(12-14)13-18(22(29)23-19)20(27-7-9-30-10-8-27)21-24-25-26-28(21)17-5-3-4-6-17/h11-13,17,20H,3-10H2,1-2H3,(H,23,29)/p+1/t20-/m0/s1. The topological polar surface area (TPSA) is 90.1 Å². The van der Waals surface area contributed by atoms with Crippen LogP contribution in [0.1, 0.15) is 60.3 Å². The molecule has 1 saturated carbocycles. The number of tetrazole rings is 1. The van der Waals surface area contributed by atoms with Crippen LogP contribution in [0.4, 0.5) is 0 Å². The van der Waals surface area contributed by atoms with Gasteiger partial charge < -0.3 is 14.6 Å². The van der Waals surface area contributed by atoms with Crippen LogP contribution in [0, 0.1) is 13.8 Å². The van der Waals surface area contributed by atoms with E-state index in [9.17, 15) is 4.79 Å².